The molecule has 0 aliphatic rings. The number of aryl methyl sites for hydroxylation is 1. The minimum absolute atomic E-state index is 0.0396. The van der Waals surface area contributed by atoms with Gasteiger partial charge in [-0.3, -0.25) is 0 Å². The summed E-state index contributed by atoms with van der Waals surface area (Å²) in [6.07, 6.45) is 2.05. The van der Waals surface area contributed by atoms with Crippen molar-refractivity contribution in [3.8, 4) is 0 Å². The second-order valence-corrected chi connectivity index (χ2v) is 5.79. The van der Waals surface area contributed by atoms with Crippen LogP contribution in [-0.2, 0) is 15.5 Å². The first-order chi connectivity index (χ1) is 5.08. The van der Waals surface area contributed by atoms with E-state index < -0.39 is 9.05 Å². The molecule has 0 aliphatic carbocycles. The van der Waals surface area contributed by atoms with Gasteiger partial charge in [0.2, 0.25) is 9.05 Å². The molecule has 0 fully saturated rings. The molecule has 62 valence electrons. The van der Waals surface area contributed by atoms with Crippen LogP contribution in [0.2, 0.25) is 0 Å². The van der Waals surface area contributed by atoms with Crippen LogP contribution in [0.3, 0.4) is 0 Å². The van der Waals surface area contributed by atoms with Gasteiger partial charge in [0.15, 0.2) is 0 Å². The Labute approximate surface area is 73.5 Å². The Morgan fingerprint density at radius 1 is 1.64 bits per heavy atom. The van der Waals surface area contributed by atoms with Crippen LogP contribution in [0.5, 0.6) is 0 Å². The predicted octanol–water partition coefficient (Wildman–Crippen LogP) is 1.25. The van der Waals surface area contributed by atoms with Crippen molar-refractivity contribution in [3.63, 3.8) is 0 Å². The molecular weight excluding hydrogens is 206 g/mol. The van der Waals surface area contributed by atoms with Crippen molar-refractivity contribution in [1.82, 2.24) is 4.98 Å². The summed E-state index contributed by atoms with van der Waals surface area (Å²) in [7, 11) is 1.64. The van der Waals surface area contributed by atoms with Gasteiger partial charge in [-0.25, -0.2) is 13.4 Å². The molecule has 0 N–H and O–H groups in total. The fraction of sp³-hybridized carbons (Fsp3) is 0.400. The topological polar surface area (TPSA) is 47.0 Å². The highest BCUT2D eigenvalue weighted by Crippen LogP contribution is 2.07. The molecule has 0 spiro atoms. The van der Waals surface area contributed by atoms with Crippen molar-refractivity contribution >= 4 is 31.1 Å². The summed E-state index contributed by atoms with van der Waals surface area (Å²) >= 11 is 1.43. The summed E-state index contributed by atoms with van der Waals surface area (Å²) in [5.41, 5.74) is 0. The Hall–Kier alpha value is -0.130. The molecule has 0 unspecified atom stereocenters. The highest BCUT2D eigenvalue weighted by Gasteiger charge is 2.06. The monoisotopic (exact) mass is 211 g/mol. The lowest BCUT2D eigenvalue weighted by molar-refractivity contribution is 0.609. The van der Waals surface area contributed by atoms with Gasteiger partial charge in [0.1, 0.15) is 0 Å². The van der Waals surface area contributed by atoms with E-state index in [1.165, 1.54) is 11.3 Å². The molecule has 1 rings (SSSR count). The van der Waals surface area contributed by atoms with Crippen LogP contribution in [0.15, 0.2) is 11.6 Å². The van der Waals surface area contributed by atoms with Gasteiger partial charge >= 0.3 is 0 Å². The summed E-state index contributed by atoms with van der Waals surface area (Å²) < 4.78 is 20.9. The zero-order valence-corrected chi connectivity index (χ0v) is 7.92. The van der Waals surface area contributed by atoms with Crippen LogP contribution in [0.25, 0.3) is 0 Å². The number of rotatable bonds is 3. The lowest BCUT2D eigenvalue weighted by Crippen LogP contribution is -2.00. The van der Waals surface area contributed by atoms with Crippen molar-refractivity contribution < 1.29 is 8.42 Å². The van der Waals surface area contributed by atoms with E-state index in [0.717, 1.165) is 5.01 Å². The minimum atomic E-state index is -3.36. The van der Waals surface area contributed by atoms with E-state index in [-0.39, 0.29) is 5.75 Å². The number of halogens is 1. The molecule has 0 saturated heterocycles. The molecule has 6 heteroatoms. The molecule has 0 amide bonds. The molecule has 1 heterocycles. The number of aromatic nitrogens is 1. The maximum absolute atomic E-state index is 10.5. The zero-order chi connectivity index (χ0) is 8.32. The van der Waals surface area contributed by atoms with E-state index in [9.17, 15) is 8.42 Å². The van der Waals surface area contributed by atoms with Crippen LogP contribution in [0, 0.1) is 0 Å². The van der Waals surface area contributed by atoms with E-state index in [1.54, 1.807) is 11.6 Å². The maximum Gasteiger partial charge on any atom is 0.233 e. The van der Waals surface area contributed by atoms with Crippen molar-refractivity contribution in [2.24, 2.45) is 0 Å². The first-order valence-corrected chi connectivity index (χ1v) is 6.24. The Morgan fingerprint density at radius 3 is 2.82 bits per heavy atom. The highest BCUT2D eigenvalue weighted by molar-refractivity contribution is 8.13. The van der Waals surface area contributed by atoms with Gasteiger partial charge in [0.25, 0.3) is 0 Å². The molecule has 0 bridgehead atoms. The second kappa shape index (κ2) is 3.51. The van der Waals surface area contributed by atoms with E-state index in [2.05, 4.69) is 4.98 Å². The Morgan fingerprint density at radius 2 is 2.36 bits per heavy atom. The SMILES string of the molecule is O=S(=O)(Cl)CCc1nccs1. The summed E-state index contributed by atoms with van der Waals surface area (Å²) in [6, 6.07) is 0. The average Bonchev–Trinajstić information content (AvgIpc) is 2.32. The minimum Gasteiger partial charge on any atom is -0.250 e. The van der Waals surface area contributed by atoms with Gasteiger partial charge in [0.05, 0.1) is 10.8 Å². The Balaban J connectivity index is 2.48. The van der Waals surface area contributed by atoms with Gasteiger partial charge in [-0.1, -0.05) is 0 Å². The van der Waals surface area contributed by atoms with E-state index in [0.29, 0.717) is 6.42 Å². The molecule has 0 atom stereocenters. The summed E-state index contributed by atoms with van der Waals surface area (Å²) in [5, 5.41) is 2.60. The molecule has 1 aromatic heterocycles. The van der Waals surface area contributed by atoms with E-state index >= 15 is 0 Å². The number of hydrogen-bond acceptors (Lipinski definition) is 4. The van der Waals surface area contributed by atoms with Crippen LogP contribution in [-0.4, -0.2) is 19.2 Å². The summed E-state index contributed by atoms with van der Waals surface area (Å²) in [4.78, 5) is 3.91. The second-order valence-electron chi connectivity index (χ2n) is 1.92. The quantitative estimate of drug-likeness (QED) is 0.708. The Kier molecular flexibility index (Phi) is 2.86. The van der Waals surface area contributed by atoms with Crippen molar-refractivity contribution in [2.75, 3.05) is 5.75 Å². The third kappa shape index (κ3) is 3.69. The van der Waals surface area contributed by atoms with Gasteiger partial charge in [-0.15, -0.1) is 11.3 Å². The van der Waals surface area contributed by atoms with Gasteiger partial charge in [0, 0.05) is 28.7 Å². The van der Waals surface area contributed by atoms with Gasteiger partial charge < -0.3 is 0 Å². The van der Waals surface area contributed by atoms with E-state index in [1.807, 2.05) is 0 Å². The molecule has 0 radical (unpaired) electrons. The van der Waals surface area contributed by atoms with Crippen molar-refractivity contribution in [2.45, 2.75) is 6.42 Å². The zero-order valence-electron chi connectivity index (χ0n) is 5.53. The summed E-state index contributed by atoms with van der Waals surface area (Å²) in [5.74, 6) is -0.0396. The van der Waals surface area contributed by atoms with Crippen molar-refractivity contribution in [1.29, 1.82) is 0 Å². The largest absolute Gasteiger partial charge is 0.250 e. The molecule has 0 saturated carbocycles. The maximum atomic E-state index is 10.5. The van der Waals surface area contributed by atoms with Gasteiger partial charge in [-0.2, -0.15) is 0 Å². The molecular formula is C5H6ClNO2S2. The number of hydrogen-bond donors (Lipinski definition) is 0. The van der Waals surface area contributed by atoms with Crippen LogP contribution in [0.4, 0.5) is 0 Å². The molecule has 0 aromatic carbocycles. The predicted molar refractivity (Wildman–Crippen MR) is 45.5 cm³/mol. The third-order valence-electron chi connectivity index (χ3n) is 1.04. The molecule has 0 aliphatic heterocycles. The Bertz CT molecular complexity index is 305. The average molecular weight is 212 g/mol. The fourth-order valence-corrected chi connectivity index (χ4v) is 2.00. The first kappa shape index (κ1) is 8.96. The standard InChI is InChI=1S/C5H6ClNO2S2/c6-11(8,9)4-1-5-7-2-3-10-5/h2-3H,1,4H2. The summed E-state index contributed by atoms with van der Waals surface area (Å²) in [6.45, 7) is 0. The number of nitrogens with zero attached hydrogens (tertiary/aromatic N) is 1. The lowest BCUT2D eigenvalue weighted by Gasteiger charge is -1.90. The normalized spacial score (nSPS) is 11.7. The highest BCUT2D eigenvalue weighted by atomic mass is 35.7. The van der Waals surface area contributed by atoms with Crippen molar-refractivity contribution in [3.05, 3.63) is 16.6 Å². The molecule has 1 aromatic rings. The third-order valence-corrected chi connectivity index (χ3v) is 3.04. The van der Waals surface area contributed by atoms with Crippen LogP contribution >= 0.6 is 22.0 Å². The van der Waals surface area contributed by atoms with Crippen LogP contribution < -0.4 is 0 Å². The first-order valence-electron chi connectivity index (χ1n) is 2.88. The van der Waals surface area contributed by atoms with Gasteiger partial charge in [-0.05, 0) is 0 Å². The lowest BCUT2D eigenvalue weighted by atomic mass is 10.5. The van der Waals surface area contributed by atoms with E-state index in [4.69, 9.17) is 10.7 Å². The van der Waals surface area contributed by atoms with Crippen LogP contribution in [0.1, 0.15) is 5.01 Å². The molecule has 11 heavy (non-hydrogen) atoms. The smallest absolute Gasteiger partial charge is 0.233 e. The fourth-order valence-electron chi connectivity index (χ4n) is 0.586. The molecule has 3 nitrogen and oxygen atoms in total. The number of thiazole rings is 1.